The molecule has 2 aromatic rings. The lowest BCUT2D eigenvalue weighted by molar-refractivity contribution is -0.0586. The summed E-state index contributed by atoms with van der Waals surface area (Å²) in [5, 5.41) is 0.386. The molecule has 0 saturated heterocycles. The summed E-state index contributed by atoms with van der Waals surface area (Å²) in [6.07, 6.45) is 1.08. The molecule has 1 aromatic heterocycles. The number of pyridine rings is 1. The van der Waals surface area contributed by atoms with Gasteiger partial charge in [0.25, 0.3) is 17.4 Å². The Morgan fingerprint density at radius 1 is 1.09 bits per heavy atom. The number of fused-ring (bicyclic) bond motifs is 1. The Hall–Kier alpha value is -3.42. The molecule has 1 aliphatic rings. The van der Waals surface area contributed by atoms with Gasteiger partial charge in [0.05, 0.1) is 18.2 Å². The van der Waals surface area contributed by atoms with Crippen molar-refractivity contribution < 1.29 is 24.0 Å². The van der Waals surface area contributed by atoms with Crippen LogP contribution in [0.5, 0.6) is 5.75 Å². The fourth-order valence-corrected chi connectivity index (χ4v) is 2.16. The van der Waals surface area contributed by atoms with Crippen LogP contribution in [0.1, 0.15) is 31.1 Å². The third-order valence-electron chi connectivity index (χ3n) is 3.26. The molecule has 0 atom stereocenters. The van der Waals surface area contributed by atoms with E-state index in [-0.39, 0.29) is 22.4 Å². The van der Waals surface area contributed by atoms with Crippen molar-refractivity contribution in [2.24, 2.45) is 0 Å². The van der Waals surface area contributed by atoms with Gasteiger partial charge in [-0.15, -0.1) is 0 Å². The molecule has 116 valence electrons. The Morgan fingerprint density at radius 3 is 2.26 bits per heavy atom. The number of aromatic amines is 1. The molecular weight excluding hydrogens is 304 g/mol. The molecule has 0 unspecified atom stereocenters. The second kappa shape index (κ2) is 5.41. The average Bonchev–Trinajstić information content (AvgIpc) is 2.80. The topological polar surface area (TPSA) is 106 Å². The van der Waals surface area contributed by atoms with Crippen molar-refractivity contribution in [2.45, 2.75) is 0 Å². The Balaban J connectivity index is 1.89. The van der Waals surface area contributed by atoms with E-state index >= 15 is 0 Å². The van der Waals surface area contributed by atoms with Crippen LogP contribution in [0.4, 0.5) is 0 Å². The smallest absolute Gasteiger partial charge is 0.369 e. The van der Waals surface area contributed by atoms with Gasteiger partial charge in [0, 0.05) is 12.3 Å². The van der Waals surface area contributed by atoms with Gasteiger partial charge in [-0.3, -0.25) is 14.4 Å². The molecule has 23 heavy (non-hydrogen) atoms. The predicted molar refractivity (Wildman–Crippen MR) is 76.0 cm³/mol. The number of methoxy groups -OCH3 is 1. The van der Waals surface area contributed by atoms with E-state index in [2.05, 4.69) is 4.98 Å². The Labute approximate surface area is 129 Å². The first-order valence-electron chi connectivity index (χ1n) is 6.49. The quantitative estimate of drug-likeness (QED) is 0.838. The standard InChI is InChI=1S/C15H10N2O6/c1-22-11-6-12(18)16-7-10(11)15(21)23-17-13(19)8-4-2-3-5-9(8)14(17)20/h2-7H,1H3,(H,16,18). The van der Waals surface area contributed by atoms with Gasteiger partial charge >= 0.3 is 5.97 Å². The summed E-state index contributed by atoms with van der Waals surface area (Å²) in [6.45, 7) is 0. The van der Waals surface area contributed by atoms with E-state index in [0.717, 1.165) is 12.3 Å². The summed E-state index contributed by atoms with van der Waals surface area (Å²) in [7, 11) is 1.27. The molecule has 0 radical (unpaired) electrons. The first kappa shape index (κ1) is 14.5. The van der Waals surface area contributed by atoms with Crippen LogP contribution in [0.15, 0.2) is 41.3 Å². The molecule has 0 fully saturated rings. The van der Waals surface area contributed by atoms with E-state index < -0.39 is 23.3 Å². The Bertz CT molecular complexity index is 851. The molecule has 1 N–H and O–H groups in total. The van der Waals surface area contributed by atoms with E-state index in [9.17, 15) is 19.2 Å². The van der Waals surface area contributed by atoms with Crippen molar-refractivity contribution in [1.29, 1.82) is 0 Å². The van der Waals surface area contributed by atoms with E-state index in [1.165, 1.54) is 19.2 Å². The number of rotatable bonds is 3. The van der Waals surface area contributed by atoms with E-state index in [4.69, 9.17) is 9.57 Å². The lowest BCUT2D eigenvalue weighted by atomic mass is 10.1. The zero-order chi connectivity index (χ0) is 16.6. The molecule has 3 rings (SSSR count). The molecule has 0 bridgehead atoms. The van der Waals surface area contributed by atoms with Crippen LogP contribution in [0.3, 0.4) is 0 Å². The van der Waals surface area contributed by atoms with Gasteiger partial charge in [0.15, 0.2) is 0 Å². The zero-order valence-electron chi connectivity index (χ0n) is 11.9. The number of hydrogen-bond acceptors (Lipinski definition) is 6. The molecule has 0 aliphatic carbocycles. The number of benzene rings is 1. The van der Waals surface area contributed by atoms with Crippen molar-refractivity contribution in [3.63, 3.8) is 0 Å². The van der Waals surface area contributed by atoms with Crippen molar-refractivity contribution in [3.8, 4) is 5.75 Å². The third-order valence-corrected chi connectivity index (χ3v) is 3.26. The van der Waals surface area contributed by atoms with Gasteiger partial charge in [0.2, 0.25) is 0 Å². The summed E-state index contributed by atoms with van der Waals surface area (Å²) in [6, 6.07) is 7.17. The van der Waals surface area contributed by atoms with Gasteiger partial charge in [-0.1, -0.05) is 17.2 Å². The normalized spacial score (nSPS) is 13.0. The molecule has 8 heteroatoms. The maximum Gasteiger partial charge on any atom is 0.369 e. The SMILES string of the molecule is COc1cc(=O)[nH]cc1C(=O)ON1C(=O)c2ccccc2C1=O. The molecule has 2 amide bonds. The number of carbonyl (C=O) groups excluding carboxylic acids is 3. The lowest BCUT2D eigenvalue weighted by Crippen LogP contribution is -2.33. The van der Waals surface area contributed by atoms with Crippen LogP contribution < -0.4 is 10.3 Å². The number of aromatic nitrogens is 1. The van der Waals surface area contributed by atoms with Gasteiger partial charge in [-0.25, -0.2) is 4.79 Å². The second-order valence-electron chi connectivity index (χ2n) is 4.61. The van der Waals surface area contributed by atoms with Crippen LogP contribution >= 0.6 is 0 Å². The number of amides is 2. The van der Waals surface area contributed by atoms with Gasteiger partial charge in [-0.05, 0) is 12.1 Å². The summed E-state index contributed by atoms with van der Waals surface area (Å²) in [5.74, 6) is -2.51. The fraction of sp³-hybridized carbons (Fsp3) is 0.0667. The lowest BCUT2D eigenvalue weighted by Gasteiger charge is -2.13. The van der Waals surface area contributed by atoms with Gasteiger partial charge in [-0.2, -0.15) is 0 Å². The highest BCUT2D eigenvalue weighted by molar-refractivity contribution is 6.21. The number of carbonyl (C=O) groups is 3. The highest BCUT2D eigenvalue weighted by Gasteiger charge is 2.39. The Kier molecular flexibility index (Phi) is 3.41. The average molecular weight is 314 g/mol. The Morgan fingerprint density at radius 2 is 1.70 bits per heavy atom. The second-order valence-corrected chi connectivity index (χ2v) is 4.61. The van der Waals surface area contributed by atoms with Crippen molar-refractivity contribution in [1.82, 2.24) is 10.0 Å². The molecule has 2 heterocycles. The van der Waals surface area contributed by atoms with Crippen LogP contribution in [0.25, 0.3) is 0 Å². The first-order chi connectivity index (χ1) is 11.0. The number of H-pyrrole nitrogens is 1. The highest BCUT2D eigenvalue weighted by Crippen LogP contribution is 2.24. The van der Waals surface area contributed by atoms with E-state index in [0.29, 0.717) is 5.06 Å². The maximum atomic E-state index is 12.2. The van der Waals surface area contributed by atoms with Gasteiger partial charge < -0.3 is 14.6 Å². The fourth-order valence-electron chi connectivity index (χ4n) is 2.16. The van der Waals surface area contributed by atoms with Crippen molar-refractivity contribution in [3.05, 3.63) is 63.6 Å². The predicted octanol–water partition coefficient (Wildman–Crippen LogP) is 0.752. The molecule has 0 spiro atoms. The van der Waals surface area contributed by atoms with Crippen molar-refractivity contribution in [2.75, 3.05) is 7.11 Å². The van der Waals surface area contributed by atoms with Gasteiger partial charge in [0.1, 0.15) is 11.3 Å². The number of nitrogens with one attached hydrogen (secondary N) is 1. The molecule has 0 saturated carbocycles. The molecular formula is C15H10N2O6. The van der Waals surface area contributed by atoms with Crippen molar-refractivity contribution >= 4 is 17.8 Å². The van der Waals surface area contributed by atoms with Crippen LogP contribution in [0.2, 0.25) is 0 Å². The van der Waals surface area contributed by atoms with Crippen LogP contribution in [0, 0.1) is 0 Å². The third kappa shape index (κ3) is 2.35. The van der Waals surface area contributed by atoms with Crippen LogP contribution in [-0.2, 0) is 4.84 Å². The minimum atomic E-state index is -1.01. The van der Waals surface area contributed by atoms with Crippen LogP contribution in [-0.4, -0.2) is 34.9 Å². The number of hydrogen-bond donors (Lipinski definition) is 1. The minimum absolute atomic E-state index is 0.0321. The summed E-state index contributed by atoms with van der Waals surface area (Å²) in [4.78, 5) is 54.8. The number of hydroxylamine groups is 2. The monoisotopic (exact) mass is 314 g/mol. The molecule has 1 aliphatic heterocycles. The molecule has 8 nitrogen and oxygen atoms in total. The zero-order valence-corrected chi connectivity index (χ0v) is 11.9. The number of imide groups is 1. The van der Waals surface area contributed by atoms with E-state index in [1.54, 1.807) is 12.1 Å². The number of ether oxygens (including phenoxy) is 1. The largest absolute Gasteiger partial charge is 0.496 e. The highest BCUT2D eigenvalue weighted by atomic mass is 16.7. The summed E-state index contributed by atoms with van der Waals surface area (Å²) >= 11 is 0. The minimum Gasteiger partial charge on any atom is -0.496 e. The number of nitrogens with zero attached hydrogens (tertiary/aromatic N) is 1. The molecule has 1 aromatic carbocycles. The summed E-state index contributed by atoms with van der Waals surface area (Å²) in [5.41, 5.74) is -0.291. The summed E-state index contributed by atoms with van der Waals surface area (Å²) < 4.78 is 4.92. The maximum absolute atomic E-state index is 12.2. The first-order valence-corrected chi connectivity index (χ1v) is 6.49. The van der Waals surface area contributed by atoms with E-state index in [1.807, 2.05) is 0 Å².